The predicted octanol–water partition coefficient (Wildman–Crippen LogP) is 4.27. The lowest BCUT2D eigenvalue weighted by atomic mass is 10.1. The number of hydrogen-bond donors (Lipinski definition) is 1. The summed E-state index contributed by atoms with van der Waals surface area (Å²) < 4.78 is 18.5. The van der Waals surface area contributed by atoms with Crippen LogP contribution in [0.3, 0.4) is 0 Å². The molecule has 0 unspecified atom stereocenters. The van der Waals surface area contributed by atoms with E-state index in [4.69, 9.17) is 4.74 Å². The van der Waals surface area contributed by atoms with Crippen LogP contribution in [0.25, 0.3) is 0 Å². The van der Waals surface area contributed by atoms with Crippen molar-refractivity contribution in [3.8, 4) is 0 Å². The summed E-state index contributed by atoms with van der Waals surface area (Å²) in [6.07, 6.45) is 0.577. The highest BCUT2D eigenvalue weighted by atomic mass is 32.1. The van der Waals surface area contributed by atoms with Gasteiger partial charge < -0.3 is 10.1 Å². The number of amides is 1. The predicted molar refractivity (Wildman–Crippen MR) is 117 cm³/mol. The SMILES string of the molecule is Cc1nc(Cc2ccc(F)cc2)sc1C(=O)Nc1cccc(CN2CCOCC2)c1. The van der Waals surface area contributed by atoms with E-state index in [2.05, 4.69) is 21.3 Å². The van der Waals surface area contributed by atoms with Crippen LogP contribution in [0.4, 0.5) is 10.1 Å². The van der Waals surface area contributed by atoms with E-state index in [-0.39, 0.29) is 11.7 Å². The molecule has 1 saturated heterocycles. The molecule has 0 atom stereocenters. The summed E-state index contributed by atoms with van der Waals surface area (Å²) in [5.74, 6) is -0.413. The van der Waals surface area contributed by atoms with Gasteiger partial charge in [0.2, 0.25) is 0 Å². The molecule has 1 aromatic heterocycles. The smallest absolute Gasteiger partial charge is 0.267 e. The molecule has 7 heteroatoms. The topological polar surface area (TPSA) is 54.5 Å². The number of anilines is 1. The number of halogens is 1. The first-order valence-corrected chi connectivity index (χ1v) is 10.8. The zero-order chi connectivity index (χ0) is 20.9. The number of carbonyl (C=O) groups excluding carboxylic acids is 1. The minimum absolute atomic E-state index is 0.154. The lowest BCUT2D eigenvalue weighted by Crippen LogP contribution is -2.35. The van der Waals surface area contributed by atoms with Crippen LogP contribution < -0.4 is 5.32 Å². The van der Waals surface area contributed by atoms with Gasteiger partial charge in [-0.15, -0.1) is 11.3 Å². The lowest BCUT2D eigenvalue weighted by Gasteiger charge is -2.26. The van der Waals surface area contributed by atoms with E-state index in [1.807, 2.05) is 25.1 Å². The Morgan fingerprint density at radius 1 is 1.17 bits per heavy atom. The fraction of sp³-hybridized carbons (Fsp3) is 0.304. The van der Waals surface area contributed by atoms with Crippen LogP contribution in [0.5, 0.6) is 0 Å². The van der Waals surface area contributed by atoms with Crippen LogP contribution in [0, 0.1) is 12.7 Å². The third-order valence-corrected chi connectivity index (χ3v) is 6.17. The molecule has 1 aliphatic rings. The van der Waals surface area contributed by atoms with Gasteiger partial charge in [-0.3, -0.25) is 9.69 Å². The van der Waals surface area contributed by atoms with E-state index < -0.39 is 0 Å². The van der Waals surface area contributed by atoms with Crippen molar-refractivity contribution in [2.45, 2.75) is 19.9 Å². The molecule has 5 nitrogen and oxygen atoms in total. The van der Waals surface area contributed by atoms with Gasteiger partial charge in [-0.25, -0.2) is 9.37 Å². The number of rotatable bonds is 6. The number of carbonyl (C=O) groups is 1. The summed E-state index contributed by atoms with van der Waals surface area (Å²) in [4.78, 5) is 20.3. The number of aryl methyl sites for hydroxylation is 1. The first-order valence-electron chi connectivity index (χ1n) is 9.98. The fourth-order valence-electron chi connectivity index (χ4n) is 3.47. The number of aromatic nitrogens is 1. The highest BCUT2D eigenvalue weighted by Gasteiger charge is 2.16. The molecule has 1 N–H and O–H groups in total. The van der Waals surface area contributed by atoms with Crippen molar-refractivity contribution in [2.75, 3.05) is 31.6 Å². The summed E-state index contributed by atoms with van der Waals surface area (Å²) in [7, 11) is 0. The van der Waals surface area contributed by atoms with Gasteiger partial charge in [0.15, 0.2) is 0 Å². The number of nitrogens with one attached hydrogen (secondary N) is 1. The maximum Gasteiger partial charge on any atom is 0.267 e. The Hall–Kier alpha value is -2.61. The van der Waals surface area contributed by atoms with Crippen molar-refractivity contribution in [2.24, 2.45) is 0 Å². The minimum atomic E-state index is -0.259. The van der Waals surface area contributed by atoms with Crippen molar-refractivity contribution in [3.63, 3.8) is 0 Å². The molecule has 0 saturated carbocycles. The highest BCUT2D eigenvalue weighted by molar-refractivity contribution is 7.14. The van der Waals surface area contributed by atoms with E-state index in [1.54, 1.807) is 12.1 Å². The number of benzene rings is 2. The van der Waals surface area contributed by atoms with E-state index in [0.29, 0.717) is 17.0 Å². The maximum atomic E-state index is 13.1. The highest BCUT2D eigenvalue weighted by Crippen LogP contribution is 2.23. The second-order valence-electron chi connectivity index (χ2n) is 7.37. The Labute approximate surface area is 179 Å². The summed E-state index contributed by atoms with van der Waals surface area (Å²) in [6, 6.07) is 14.3. The zero-order valence-electron chi connectivity index (χ0n) is 16.9. The Balaban J connectivity index is 1.41. The van der Waals surface area contributed by atoms with Gasteiger partial charge in [-0.2, -0.15) is 0 Å². The molecule has 0 radical (unpaired) electrons. The van der Waals surface area contributed by atoms with Crippen molar-refractivity contribution < 1.29 is 13.9 Å². The van der Waals surface area contributed by atoms with E-state index >= 15 is 0 Å². The first-order chi connectivity index (χ1) is 14.6. The van der Waals surface area contributed by atoms with Crippen molar-refractivity contribution >= 4 is 22.9 Å². The van der Waals surface area contributed by atoms with E-state index in [9.17, 15) is 9.18 Å². The first kappa shape index (κ1) is 20.7. The average Bonchev–Trinajstić information content (AvgIpc) is 3.11. The molecule has 1 aliphatic heterocycles. The molecule has 156 valence electrons. The second kappa shape index (κ2) is 9.47. The Morgan fingerprint density at radius 3 is 2.70 bits per heavy atom. The van der Waals surface area contributed by atoms with Crippen LogP contribution in [0.1, 0.15) is 31.5 Å². The average molecular weight is 426 g/mol. The molecule has 0 bridgehead atoms. The number of ether oxygens (including phenoxy) is 1. The number of morpholine rings is 1. The maximum absolute atomic E-state index is 13.1. The van der Waals surface area contributed by atoms with Crippen LogP contribution in [0.15, 0.2) is 48.5 Å². The van der Waals surface area contributed by atoms with Crippen LogP contribution in [0.2, 0.25) is 0 Å². The number of thiazole rings is 1. The minimum Gasteiger partial charge on any atom is -0.379 e. The summed E-state index contributed by atoms with van der Waals surface area (Å²) in [5, 5.41) is 3.84. The Kier molecular flexibility index (Phi) is 6.52. The van der Waals surface area contributed by atoms with Crippen molar-refractivity contribution in [3.05, 3.63) is 81.1 Å². The standard InChI is InChI=1S/C23H24FN3O2S/c1-16-22(30-21(25-16)14-17-5-7-19(24)8-6-17)23(28)26-20-4-2-3-18(13-20)15-27-9-11-29-12-10-27/h2-8,13H,9-12,14-15H2,1H3,(H,26,28). The second-order valence-corrected chi connectivity index (χ2v) is 8.45. The largest absolute Gasteiger partial charge is 0.379 e. The third-order valence-electron chi connectivity index (χ3n) is 5.01. The molecule has 30 heavy (non-hydrogen) atoms. The molecule has 1 fully saturated rings. The van der Waals surface area contributed by atoms with Gasteiger partial charge in [0.25, 0.3) is 5.91 Å². The van der Waals surface area contributed by atoms with E-state index in [1.165, 1.54) is 23.5 Å². The molecule has 0 spiro atoms. The van der Waals surface area contributed by atoms with Crippen molar-refractivity contribution in [1.29, 1.82) is 0 Å². The van der Waals surface area contributed by atoms with Crippen LogP contribution >= 0.6 is 11.3 Å². The molecule has 0 aliphatic carbocycles. The number of hydrogen-bond acceptors (Lipinski definition) is 5. The molecule has 4 rings (SSSR count). The molecule has 2 aromatic carbocycles. The Morgan fingerprint density at radius 2 is 1.93 bits per heavy atom. The monoisotopic (exact) mass is 425 g/mol. The third kappa shape index (κ3) is 5.30. The zero-order valence-corrected chi connectivity index (χ0v) is 17.7. The van der Waals surface area contributed by atoms with Gasteiger partial charge in [-0.1, -0.05) is 24.3 Å². The summed E-state index contributed by atoms with van der Waals surface area (Å²) in [5.41, 5.74) is 3.61. The lowest BCUT2D eigenvalue weighted by molar-refractivity contribution is 0.0342. The van der Waals surface area contributed by atoms with Gasteiger partial charge in [0, 0.05) is 31.7 Å². The number of nitrogens with zero attached hydrogens (tertiary/aromatic N) is 2. The molecular weight excluding hydrogens is 401 g/mol. The van der Waals surface area contributed by atoms with Crippen LogP contribution in [-0.4, -0.2) is 42.1 Å². The molecular formula is C23H24FN3O2S. The Bertz CT molecular complexity index is 1010. The summed E-state index contributed by atoms with van der Waals surface area (Å²) in [6.45, 7) is 6.06. The van der Waals surface area contributed by atoms with Gasteiger partial charge in [0.05, 0.1) is 23.9 Å². The van der Waals surface area contributed by atoms with Crippen molar-refractivity contribution in [1.82, 2.24) is 9.88 Å². The van der Waals surface area contributed by atoms with E-state index in [0.717, 1.165) is 54.7 Å². The van der Waals surface area contributed by atoms with Crippen LogP contribution in [-0.2, 0) is 17.7 Å². The normalized spacial score (nSPS) is 14.6. The van der Waals surface area contributed by atoms with Gasteiger partial charge in [0.1, 0.15) is 10.7 Å². The van der Waals surface area contributed by atoms with Gasteiger partial charge >= 0.3 is 0 Å². The fourth-order valence-corrected chi connectivity index (χ4v) is 4.46. The quantitative estimate of drug-likeness (QED) is 0.641. The van der Waals surface area contributed by atoms with Gasteiger partial charge in [-0.05, 0) is 42.3 Å². The molecule has 3 aromatic rings. The molecule has 1 amide bonds. The summed E-state index contributed by atoms with van der Waals surface area (Å²) >= 11 is 1.38. The molecule has 2 heterocycles.